The number of nitrogens with two attached hydrogens (primary N) is 2. The van der Waals surface area contributed by atoms with Gasteiger partial charge in [0.15, 0.2) is 0 Å². The molecule has 2 heterocycles. The van der Waals surface area contributed by atoms with Gasteiger partial charge < -0.3 is 31.0 Å². The number of rotatable bonds is 8. The van der Waals surface area contributed by atoms with Crippen molar-refractivity contribution in [2.24, 2.45) is 11.6 Å². The summed E-state index contributed by atoms with van der Waals surface area (Å²) in [5.41, 5.74) is 9.56. The number of ether oxygens (including phenoxy) is 1. The fourth-order valence-electron chi connectivity index (χ4n) is 5.16. The number of aromatic nitrogens is 2. The summed E-state index contributed by atoms with van der Waals surface area (Å²) in [7, 11) is 0. The van der Waals surface area contributed by atoms with E-state index in [1.54, 1.807) is 34.3 Å². The van der Waals surface area contributed by atoms with Crippen LogP contribution in [-0.2, 0) is 4.74 Å². The summed E-state index contributed by atoms with van der Waals surface area (Å²) in [6.45, 7) is 6.61. The van der Waals surface area contributed by atoms with Gasteiger partial charge in [-0.15, -0.1) is 0 Å². The van der Waals surface area contributed by atoms with E-state index in [-0.39, 0.29) is 17.2 Å². The van der Waals surface area contributed by atoms with E-state index in [0.717, 1.165) is 16.6 Å². The van der Waals surface area contributed by atoms with Crippen molar-refractivity contribution >= 4 is 57.4 Å². The Balaban J connectivity index is 1.37. The number of hydrogen-bond donors (Lipinski definition) is 4. The van der Waals surface area contributed by atoms with Crippen LogP contribution in [0.2, 0.25) is 10.0 Å². The molecule has 0 aliphatic carbocycles. The first-order valence-corrected chi connectivity index (χ1v) is 15.6. The quantitative estimate of drug-likeness (QED) is 0.112. The Hall–Kier alpha value is -4.32. The minimum Gasteiger partial charge on any atom is -0.444 e. The fraction of sp³-hybridized carbons (Fsp3) is 0.303. The Bertz CT molecular complexity index is 1720. The van der Waals surface area contributed by atoms with Gasteiger partial charge >= 0.3 is 6.09 Å². The van der Waals surface area contributed by atoms with Crippen LogP contribution in [0.1, 0.15) is 45.2 Å². The lowest BCUT2D eigenvalue weighted by Gasteiger charge is -2.37. The van der Waals surface area contributed by atoms with Gasteiger partial charge in [-0.1, -0.05) is 35.3 Å². The molecule has 46 heavy (non-hydrogen) atoms. The number of carbonyl (C=O) groups is 1. The maximum atomic E-state index is 13.7. The Morgan fingerprint density at radius 2 is 1.76 bits per heavy atom. The number of nitrogens with one attached hydrogen (secondary N) is 2. The first-order chi connectivity index (χ1) is 21.9. The summed E-state index contributed by atoms with van der Waals surface area (Å²) in [4.78, 5) is 23.0. The van der Waals surface area contributed by atoms with E-state index in [1.165, 1.54) is 18.5 Å². The van der Waals surface area contributed by atoms with Gasteiger partial charge in [0.2, 0.25) is 0 Å². The number of fused-ring (bicyclic) bond motifs is 1. The van der Waals surface area contributed by atoms with Crippen molar-refractivity contribution in [3.8, 4) is 0 Å². The summed E-state index contributed by atoms with van der Waals surface area (Å²) >= 11 is 12.2. The molecule has 4 aromatic rings. The van der Waals surface area contributed by atoms with E-state index < -0.39 is 17.5 Å². The van der Waals surface area contributed by atoms with E-state index in [0.29, 0.717) is 53.7 Å². The summed E-state index contributed by atoms with van der Waals surface area (Å²) in [6, 6.07) is 17.0. The SMILES string of the molecule is CC(C)(C)OC(=O)N1CCC(N(N)/C=C(\N)C(Nc2ccc3ncnc(Nc4ccc(F)c(Cl)c4)c3c2)c2ccc(Cl)cc2)CC1. The molecule has 1 unspecified atom stereocenters. The minimum absolute atomic E-state index is 0.00123. The number of benzene rings is 3. The largest absolute Gasteiger partial charge is 0.444 e. The van der Waals surface area contributed by atoms with Gasteiger partial charge in [-0.3, -0.25) is 0 Å². The van der Waals surface area contributed by atoms with Crippen LogP contribution in [0.5, 0.6) is 0 Å². The van der Waals surface area contributed by atoms with Gasteiger partial charge in [0.05, 0.1) is 22.3 Å². The van der Waals surface area contributed by atoms with Gasteiger partial charge in [-0.05, 0) is 87.7 Å². The highest BCUT2D eigenvalue weighted by molar-refractivity contribution is 6.31. The molecule has 1 aromatic heterocycles. The number of likely N-dealkylation sites (tertiary alicyclic amines) is 1. The van der Waals surface area contributed by atoms with Gasteiger partial charge in [-0.2, -0.15) is 0 Å². The van der Waals surface area contributed by atoms with Gasteiger partial charge in [0.1, 0.15) is 23.6 Å². The fourth-order valence-corrected chi connectivity index (χ4v) is 5.47. The van der Waals surface area contributed by atoms with Crippen LogP contribution >= 0.6 is 23.2 Å². The van der Waals surface area contributed by atoms with Crippen molar-refractivity contribution in [3.05, 3.63) is 100 Å². The van der Waals surface area contributed by atoms with E-state index in [4.69, 9.17) is 39.5 Å². The molecule has 0 bridgehead atoms. The molecule has 13 heteroatoms. The number of halogens is 3. The molecular weight excluding hydrogens is 630 g/mol. The summed E-state index contributed by atoms with van der Waals surface area (Å²) in [6.07, 6.45) is 4.19. The first kappa shape index (κ1) is 33.1. The van der Waals surface area contributed by atoms with E-state index in [2.05, 4.69) is 20.6 Å². The maximum absolute atomic E-state index is 13.7. The Morgan fingerprint density at radius 3 is 2.43 bits per heavy atom. The molecule has 1 atom stereocenters. The van der Waals surface area contributed by atoms with Gasteiger partial charge in [0, 0.05) is 47.1 Å². The molecule has 3 aromatic carbocycles. The third-order valence-corrected chi connectivity index (χ3v) is 8.04. The molecule has 1 fully saturated rings. The molecule has 1 aliphatic heterocycles. The third-order valence-electron chi connectivity index (χ3n) is 7.50. The minimum atomic E-state index is -0.554. The predicted octanol–water partition coefficient (Wildman–Crippen LogP) is 7.35. The molecule has 6 N–H and O–H groups in total. The average Bonchev–Trinajstić information content (AvgIpc) is 3.01. The Labute approximate surface area is 277 Å². The highest BCUT2D eigenvalue weighted by Crippen LogP contribution is 2.31. The zero-order valence-electron chi connectivity index (χ0n) is 25.8. The molecule has 1 saturated heterocycles. The number of amides is 1. The summed E-state index contributed by atoms with van der Waals surface area (Å²) < 4.78 is 19.2. The lowest BCUT2D eigenvalue weighted by Crippen LogP contribution is -2.48. The topological polar surface area (TPSA) is 135 Å². The number of carbonyl (C=O) groups excluding carboxylic acids is 1. The van der Waals surface area contributed by atoms with Crippen LogP contribution in [0.4, 0.5) is 26.4 Å². The van der Waals surface area contributed by atoms with E-state index in [1.807, 2.05) is 51.1 Å². The monoisotopic (exact) mass is 666 g/mol. The lowest BCUT2D eigenvalue weighted by atomic mass is 10.0. The zero-order valence-corrected chi connectivity index (χ0v) is 27.3. The summed E-state index contributed by atoms with van der Waals surface area (Å²) in [5.74, 6) is 6.54. The predicted molar refractivity (Wildman–Crippen MR) is 181 cm³/mol. The molecule has 0 saturated carbocycles. The second-order valence-electron chi connectivity index (χ2n) is 12.1. The molecule has 1 amide bonds. The standard InChI is InChI=1S/C33H37Cl2FN8O2/c1-33(2,3)46-32(45)43-14-12-24(13-15-43)44(38)18-28(37)30(20-4-6-21(34)7-5-20)41-22-9-11-29-25(16-22)31(40-19-39-29)42-23-8-10-27(36)26(35)17-23/h4-11,16-19,24,30,41H,12-15,37-38H2,1-3H3,(H,39,40,42)/b28-18-. The normalized spacial score (nSPS) is 15.0. The summed E-state index contributed by atoms with van der Waals surface area (Å²) in [5, 5.41) is 9.67. The van der Waals surface area contributed by atoms with Crippen LogP contribution in [0, 0.1) is 5.82 Å². The van der Waals surface area contributed by atoms with Crippen molar-refractivity contribution in [1.29, 1.82) is 0 Å². The smallest absolute Gasteiger partial charge is 0.410 e. The van der Waals surface area contributed by atoms with Crippen molar-refractivity contribution in [2.75, 3.05) is 23.7 Å². The van der Waals surface area contributed by atoms with Crippen molar-refractivity contribution in [1.82, 2.24) is 19.9 Å². The average molecular weight is 668 g/mol. The van der Waals surface area contributed by atoms with Crippen LogP contribution in [-0.4, -0.2) is 50.7 Å². The highest BCUT2D eigenvalue weighted by Gasteiger charge is 2.28. The molecule has 5 rings (SSSR count). The van der Waals surface area contributed by atoms with Crippen LogP contribution < -0.4 is 22.2 Å². The second kappa shape index (κ2) is 14.0. The number of nitrogens with zero attached hydrogens (tertiary/aromatic N) is 4. The molecule has 0 spiro atoms. The van der Waals surface area contributed by atoms with E-state index >= 15 is 0 Å². The number of piperidine rings is 1. The lowest BCUT2D eigenvalue weighted by molar-refractivity contribution is 0.0165. The zero-order chi connectivity index (χ0) is 33.0. The van der Waals surface area contributed by atoms with Crippen molar-refractivity contribution in [2.45, 2.75) is 51.3 Å². The Kier molecular flexibility index (Phi) is 10.0. The molecule has 242 valence electrons. The third kappa shape index (κ3) is 8.28. The number of hydrogen-bond acceptors (Lipinski definition) is 9. The molecule has 1 aliphatic rings. The number of anilines is 3. The molecule has 10 nitrogen and oxygen atoms in total. The second-order valence-corrected chi connectivity index (χ2v) is 13.0. The molecular formula is C33H37Cl2FN8O2. The van der Waals surface area contributed by atoms with Crippen LogP contribution in [0.15, 0.2) is 78.9 Å². The van der Waals surface area contributed by atoms with Crippen molar-refractivity contribution < 1.29 is 13.9 Å². The highest BCUT2D eigenvalue weighted by atomic mass is 35.5. The van der Waals surface area contributed by atoms with Crippen molar-refractivity contribution in [3.63, 3.8) is 0 Å². The number of hydrazine groups is 1. The maximum Gasteiger partial charge on any atom is 0.410 e. The first-order valence-electron chi connectivity index (χ1n) is 14.8. The van der Waals surface area contributed by atoms with E-state index in [9.17, 15) is 9.18 Å². The van der Waals surface area contributed by atoms with Crippen LogP contribution in [0.25, 0.3) is 10.9 Å². The van der Waals surface area contributed by atoms with Gasteiger partial charge in [-0.25, -0.2) is 25.0 Å². The van der Waals surface area contributed by atoms with Gasteiger partial charge in [0.25, 0.3) is 0 Å². The molecule has 0 radical (unpaired) electrons. The van der Waals surface area contributed by atoms with Crippen LogP contribution in [0.3, 0.4) is 0 Å². The Morgan fingerprint density at radius 1 is 1.07 bits per heavy atom.